The summed E-state index contributed by atoms with van der Waals surface area (Å²) in [5, 5.41) is 9.06. The maximum absolute atomic E-state index is 12.6. The second-order valence-corrected chi connectivity index (χ2v) is 8.99. The van der Waals surface area contributed by atoms with E-state index in [1.807, 2.05) is 37.3 Å². The van der Waals surface area contributed by atoms with Crippen molar-refractivity contribution in [3.05, 3.63) is 76.3 Å². The van der Waals surface area contributed by atoms with Crippen LogP contribution in [0.3, 0.4) is 0 Å². The summed E-state index contributed by atoms with van der Waals surface area (Å²) >= 11 is 1.33. The molecule has 3 aromatic rings. The Kier molecular flexibility index (Phi) is 6.23. The predicted molar refractivity (Wildman–Crippen MR) is 111 cm³/mol. The molecule has 0 saturated heterocycles. The lowest BCUT2D eigenvalue weighted by Gasteiger charge is -2.05. The van der Waals surface area contributed by atoms with Gasteiger partial charge in [0.05, 0.1) is 16.0 Å². The van der Waals surface area contributed by atoms with Crippen LogP contribution in [-0.4, -0.2) is 25.7 Å². The SMILES string of the molecule is Cc1ccccc1C(=O)c1cnc(NCCCc2cccc(S(N)(=O)=O)c2)s1. The number of nitrogens with zero attached hydrogens (tertiary/aromatic N) is 1. The Morgan fingerprint density at radius 1 is 1.18 bits per heavy atom. The second kappa shape index (κ2) is 8.64. The highest BCUT2D eigenvalue weighted by molar-refractivity contribution is 7.89. The molecule has 0 radical (unpaired) electrons. The van der Waals surface area contributed by atoms with Crippen LogP contribution < -0.4 is 10.5 Å². The van der Waals surface area contributed by atoms with E-state index in [1.54, 1.807) is 18.3 Å². The van der Waals surface area contributed by atoms with Crippen LogP contribution in [0.4, 0.5) is 5.13 Å². The van der Waals surface area contributed by atoms with Crippen LogP contribution in [0.5, 0.6) is 0 Å². The van der Waals surface area contributed by atoms with E-state index in [0.717, 1.165) is 17.5 Å². The van der Waals surface area contributed by atoms with E-state index in [1.165, 1.54) is 17.4 Å². The van der Waals surface area contributed by atoms with E-state index in [4.69, 9.17) is 5.14 Å². The number of aryl methyl sites for hydroxylation is 2. The maximum atomic E-state index is 12.6. The average molecular weight is 416 g/mol. The summed E-state index contributed by atoms with van der Waals surface area (Å²) in [6, 6.07) is 14.1. The van der Waals surface area contributed by atoms with Gasteiger partial charge in [-0.1, -0.05) is 47.7 Å². The molecule has 28 heavy (non-hydrogen) atoms. The van der Waals surface area contributed by atoms with Crippen molar-refractivity contribution in [2.45, 2.75) is 24.7 Å². The zero-order chi connectivity index (χ0) is 20.1. The molecule has 0 spiro atoms. The summed E-state index contributed by atoms with van der Waals surface area (Å²) in [6.07, 6.45) is 3.09. The highest BCUT2D eigenvalue weighted by atomic mass is 32.2. The van der Waals surface area contributed by atoms with Crippen LogP contribution in [0.15, 0.2) is 59.6 Å². The van der Waals surface area contributed by atoms with E-state index < -0.39 is 10.0 Å². The van der Waals surface area contributed by atoms with Crippen LogP contribution in [0.25, 0.3) is 0 Å². The lowest BCUT2D eigenvalue weighted by molar-refractivity contribution is 0.104. The molecule has 0 bridgehead atoms. The molecule has 6 nitrogen and oxygen atoms in total. The number of carbonyl (C=O) groups is 1. The van der Waals surface area contributed by atoms with E-state index in [-0.39, 0.29) is 10.7 Å². The molecule has 0 amide bonds. The number of nitrogens with one attached hydrogen (secondary N) is 1. The first-order valence-electron chi connectivity index (χ1n) is 8.76. The number of anilines is 1. The molecule has 3 rings (SSSR count). The number of sulfonamides is 1. The number of hydrogen-bond donors (Lipinski definition) is 2. The first kappa shape index (κ1) is 20.2. The first-order chi connectivity index (χ1) is 13.3. The minimum absolute atomic E-state index is 0.0246. The van der Waals surface area contributed by atoms with Gasteiger partial charge in [0.25, 0.3) is 0 Å². The third-order valence-corrected chi connectivity index (χ3v) is 6.13. The fourth-order valence-electron chi connectivity index (χ4n) is 2.79. The Hall–Kier alpha value is -2.55. The van der Waals surface area contributed by atoms with Crippen molar-refractivity contribution in [1.82, 2.24) is 4.98 Å². The third-order valence-electron chi connectivity index (χ3n) is 4.26. The lowest BCUT2D eigenvalue weighted by Crippen LogP contribution is -2.12. The van der Waals surface area contributed by atoms with Gasteiger partial charge >= 0.3 is 0 Å². The van der Waals surface area contributed by atoms with Crippen LogP contribution in [-0.2, 0) is 16.4 Å². The van der Waals surface area contributed by atoms with Gasteiger partial charge < -0.3 is 5.32 Å². The second-order valence-electron chi connectivity index (χ2n) is 6.40. The van der Waals surface area contributed by atoms with Crippen molar-refractivity contribution in [2.24, 2.45) is 5.14 Å². The van der Waals surface area contributed by atoms with Gasteiger partial charge in [-0.15, -0.1) is 0 Å². The van der Waals surface area contributed by atoms with Gasteiger partial charge in [-0.2, -0.15) is 0 Å². The molecule has 0 aliphatic carbocycles. The van der Waals surface area contributed by atoms with Gasteiger partial charge in [-0.05, 0) is 43.0 Å². The number of thiazole rings is 1. The van der Waals surface area contributed by atoms with Crippen LogP contribution in [0.1, 0.15) is 32.8 Å². The maximum Gasteiger partial charge on any atom is 0.238 e. The summed E-state index contributed by atoms with van der Waals surface area (Å²) in [5.41, 5.74) is 2.53. The largest absolute Gasteiger partial charge is 0.361 e. The fourth-order valence-corrected chi connectivity index (χ4v) is 4.17. The van der Waals surface area contributed by atoms with Crippen LogP contribution in [0.2, 0.25) is 0 Å². The highest BCUT2D eigenvalue weighted by Gasteiger charge is 2.14. The molecule has 0 unspecified atom stereocenters. The van der Waals surface area contributed by atoms with Gasteiger partial charge in [0.2, 0.25) is 15.8 Å². The lowest BCUT2D eigenvalue weighted by atomic mass is 10.0. The molecule has 8 heteroatoms. The molecular formula is C20H21N3O3S2. The van der Waals surface area contributed by atoms with Crippen molar-refractivity contribution in [2.75, 3.05) is 11.9 Å². The van der Waals surface area contributed by atoms with Gasteiger partial charge in [0, 0.05) is 12.1 Å². The molecule has 3 N–H and O–H groups in total. The minimum atomic E-state index is -3.69. The summed E-state index contributed by atoms with van der Waals surface area (Å²) in [6.45, 7) is 2.57. The smallest absolute Gasteiger partial charge is 0.238 e. The number of carbonyl (C=O) groups excluding carboxylic acids is 1. The molecule has 0 fully saturated rings. The first-order valence-corrected chi connectivity index (χ1v) is 11.1. The van der Waals surface area contributed by atoms with Gasteiger partial charge in [0.15, 0.2) is 5.13 Å². The zero-order valence-corrected chi connectivity index (χ0v) is 17.0. The topological polar surface area (TPSA) is 102 Å². The number of nitrogens with two attached hydrogens (primary N) is 1. The Morgan fingerprint density at radius 2 is 1.96 bits per heavy atom. The van der Waals surface area contributed by atoms with Crippen LogP contribution >= 0.6 is 11.3 Å². The summed E-state index contributed by atoms with van der Waals surface area (Å²) in [5.74, 6) is -0.0246. The fraction of sp³-hybridized carbons (Fsp3) is 0.200. The minimum Gasteiger partial charge on any atom is -0.361 e. The van der Waals surface area contributed by atoms with Crippen molar-refractivity contribution in [3.8, 4) is 0 Å². The Morgan fingerprint density at radius 3 is 2.71 bits per heavy atom. The number of aromatic nitrogens is 1. The number of hydrogen-bond acceptors (Lipinski definition) is 6. The normalized spacial score (nSPS) is 11.4. The molecule has 0 atom stereocenters. The number of primary sulfonamides is 1. The van der Waals surface area contributed by atoms with E-state index in [9.17, 15) is 13.2 Å². The Bertz CT molecular complexity index is 1090. The highest BCUT2D eigenvalue weighted by Crippen LogP contribution is 2.22. The molecule has 146 valence electrons. The van der Waals surface area contributed by atoms with E-state index in [0.29, 0.717) is 28.5 Å². The summed E-state index contributed by atoms with van der Waals surface area (Å²) in [4.78, 5) is 17.6. The molecular weight excluding hydrogens is 394 g/mol. The van der Waals surface area contributed by atoms with Crippen molar-refractivity contribution in [1.29, 1.82) is 0 Å². The van der Waals surface area contributed by atoms with E-state index >= 15 is 0 Å². The number of benzene rings is 2. The Labute approximate surface area is 168 Å². The summed E-state index contributed by atoms with van der Waals surface area (Å²) in [7, 11) is -3.69. The zero-order valence-electron chi connectivity index (χ0n) is 15.4. The average Bonchev–Trinajstić information content (AvgIpc) is 3.14. The molecule has 0 aliphatic heterocycles. The van der Waals surface area contributed by atoms with Gasteiger partial charge in [-0.25, -0.2) is 18.5 Å². The molecule has 1 heterocycles. The number of ketones is 1. The van der Waals surface area contributed by atoms with E-state index in [2.05, 4.69) is 10.3 Å². The third kappa shape index (κ3) is 5.03. The monoisotopic (exact) mass is 415 g/mol. The van der Waals surface area contributed by atoms with Crippen LogP contribution in [0, 0.1) is 6.92 Å². The van der Waals surface area contributed by atoms with Crippen molar-refractivity contribution < 1.29 is 13.2 Å². The van der Waals surface area contributed by atoms with Crippen molar-refractivity contribution >= 4 is 32.3 Å². The predicted octanol–water partition coefficient (Wildman–Crippen LogP) is 3.37. The molecule has 0 aliphatic rings. The Balaban J connectivity index is 1.54. The van der Waals surface area contributed by atoms with Crippen molar-refractivity contribution in [3.63, 3.8) is 0 Å². The molecule has 1 aromatic heterocycles. The molecule has 0 saturated carbocycles. The molecule has 2 aromatic carbocycles. The standard InChI is InChI=1S/C20H21N3O3S2/c1-14-6-2-3-10-17(14)19(24)18-13-23-20(27-18)22-11-5-8-15-7-4-9-16(12-15)28(21,25)26/h2-4,6-7,9-10,12-13H,5,8,11H2,1H3,(H,22,23)(H2,21,25,26). The quantitative estimate of drug-likeness (QED) is 0.434. The number of rotatable bonds is 8. The van der Waals surface area contributed by atoms with Gasteiger partial charge in [0.1, 0.15) is 0 Å². The summed E-state index contributed by atoms with van der Waals surface area (Å²) < 4.78 is 22.8. The van der Waals surface area contributed by atoms with Gasteiger partial charge in [-0.3, -0.25) is 4.79 Å².